The standard InChI is InChI=1S/C27H26N2O3/c1-18(29-14-12-20(13-15-29)19-8-4-3-5-9-19)27(30)28-23-17-25-22(16-26(23)31-2)21-10-6-7-11-24(21)32-25/h3-12,16-18H,13-15H2,1-2H3,(H,28,30). The number of methoxy groups -OCH3 is 1. The van der Waals surface area contributed by atoms with Crippen LogP contribution in [0.5, 0.6) is 5.75 Å². The summed E-state index contributed by atoms with van der Waals surface area (Å²) in [5.41, 5.74) is 4.76. The first-order chi connectivity index (χ1) is 15.6. The number of hydrogen-bond donors (Lipinski definition) is 1. The third kappa shape index (κ3) is 3.76. The highest BCUT2D eigenvalue weighted by Crippen LogP contribution is 2.36. The maximum absolute atomic E-state index is 13.1. The average Bonchev–Trinajstić information content (AvgIpc) is 3.21. The number of amides is 1. The van der Waals surface area contributed by atoms with E-state index >= 15 is 0 Å². The number of nitrogens with zero attached hydrogens (tertiary/aromatic N) is 1. The number of nitrogens with one attached hydrogen (secondary N) is 1. The van der Waals surface area contributed by atoms with Gasteiger partial charge < -0.3 is 14.5 Å². The van der Waals surface area contributed by atoms with Gasteiger partial charge in [-0.1, -0.05) is 54.6 Å². The van der Waals surface area contributed by atoms with Crippen LogP contribution in [0.1, 0.15) is 18.9 Å². The molecule has 1 amide bonds. The van der Waals surface area contributed by atoms with Crippen molar-refractivity contribution in [1.82, 2.24) is 4.90 Å². The van der Waals surface area contributed by atoms with Crippen molar-refractivity contribution in [3.8, 4) is 5.75 Å². The highest BCUT2D eigenvalue weighted by molar-refractivity contribution is 6.08. The molecule has 0 saturated heterocycles. The summed E-state index contributed by atoms with van der Waals surface area (Å²) >= 11 is 0. The SMILES string of the molecule is COc1cc2c(cc1NC(=O)C(C)N1CC=C(c3ccccc3)CC1)oc1ccccc12. The van der Waals surface area contributed by atoms with Crippen LogP contribution in [0.25, 0.3) is 27.5 Å². The third-order valence-corrected chi connectivity index (χ3v) is 6.27. The van der Waals surface area contributed by atoms with E-state index in [2.05, 4.69) is 40.6 Å². The smallest absolute Gasteiger partial charge is 0.241 e. The molecule has 1 atom stereocenters. The molecule has 1 aromatic heterocycles. The lowest BCUT2D eigenvalue weighted by Gasteiger charge is -2.31. The topological polar surface area (TPSA) is 54.7 Å². The van der Waals surface area contributed by atoms with Crippen LogP contribution in [0.2, 0.25) is 0 Å². The molecule has 3 aromatic carbocycles. The van der Waals surface area contributed by atoms with E-state index in [-0.39, 0.29) is 11.9 Å². The molecule has 162 valence electrons. The quantitative estimate of drug-likeness (QED) is 0.444. The lowest BCUT2D eigenvalue weighted by Crippen LogP contribution is -2.44. The average molecular weight is 427 g/mol. The monoisotopic (exact) mass is 426 g/mol. The molecular formula is C27H26N2O3. The van der Waals surface area contributed by atoms with Gasteiger partial charge in [0.15, 0.2) is 0 Å². The first kappa shape index (κ1) is 20.3. The minimum absolute atomic E-state index is 0.0599. The Kier molecular flexibility index (Phi) is 5.41. The molecule has 0 spiro atoms. The van der Waals surface area contributed by atoms with Gasteiger partial charge in [0.05, 0.1) is 18.8 Å². The Labute approximate surface area is 187 Å². The molecule has 0 radical (unpaired) electrons. The number of para-hydroxylation sites is 1. The molecule has 0 aliphatic carbocycles. The molecule has 0 bridgehead atoms. The number of fused-ring (bicyclic) bond motifs is 3. The first-order valence-electron chi connectivity index (χ1n) is 10.9. The Hall–Kier alpha value is -3.57. The maximum atomic E-state index is 13.1. The molecule has 1 unspecified atom stereocenters. The Morgan fingerprint density at radius 3 is 2.56 bits per heavy atom. The van der Waals surface area contributed by atoms with Gasteiger partial charge in [-0.15, -0.1) is 0 Å². The van der Waals surface area contributed by atoms with Crippen molar-refractivity contribution in [1.29, 1.82) is 0 Å². The molecular weight excluding hydrogens is 400 g/mol. The van der Waals surface area contributed by atoms with E-state index < -0.39 is 0 Å². The van der Waals surface area contributed by atoms with Crippen LogP contribution in [0, 0.1) is 0 Å². The fourth-order valence-electron chi connectivity index (χ4n) is 4.37. The molecule has 5 nitrogen and oxygen atoms in total. The number of ether oxygens (including phenoxy) is 1. The largest absolute Gasteiger partial charge is 0.495 e. The van der Waals surface area contributed by atoms with Crippen molar-refractivity contribution in [3.63, 3.8) is 0 Å². The second-order valence-corrected chi connectivity index (χ2v) is 8.15. The minimum atomic E-state index is -0.264. The zero-order chi connectivity index (χ0) is 22.1. The van der Waals surface area contributed by atoms with Gasteiger partial charge >= 0.3 is 0 Å². The molecule has 32 heavy (non-hydrogen) atoms. The molecule has 1 N–H and O–H groups in total. The normalized spacial score (nSPS) is 15.5. The van der Waals surface area contributed by atoms with Crippen molar-refractivity contribution >= 4 is 39.1 Å². The van der Waals surface area contributed by atoms with E-state index in [9.17, 15) is 4.79 Å². The lowest BCUT2D eigenvalue weighted by atomic mass is 9.99. The van der Waals surface area contributed by atoms with E-state index in [0.29, 0.717) is 11.4 Å². The zero-order valence-electron chi connectivity index (χ0n) is 18.3. The summed E-state index contributed by atoms with van der Waals surface area (Å²) in [5.74, 6) is 0.560. The second kappa shape index (κ2) is 8.52. The van der Waals surface area contributed by atoms with Gasteiger partial charge in [0.2, 0.25) is 5.91 Å². The van der Waals surface area contributed by atoms with E-state index in [4.69, 9.17) is 9.15 Å². The van der Waals surface area contributed by atoms with Crippen molar-refractivity contribution in [2.75, 3.05) is 25.5 Å². The lowest BCUT2D eigenvalue weighted by molar-refractivity contribution is -0.120. The summed E-state index contributed by atoms with van der Waals surface area (Å²) in [6.07, 6.45) is 3.15. The highest BCUT2D eigenvalue weighted by Gasteiger charge is 2.24. The van der Waals surface area contributed by atoms with Crippen LogP contribution < -0.4 is 10.1 Å². The summed E-state index contributed by atoms with van der Waals surface area (Å²) in [5, 5.41) is 5.05. The Morgan fingerprint density at radius 2 is 1.81 bits per heavy atom. The third-order valence-electron chi connectivity index (χ3n) is 6.27. The van der Waals surface area contributed by atoms with Crippen molar-refractivity contribution < 1.29 is 13.9 Å². The summed E-state index contributed by atoms with van der Waals surface area (Å²) in [7, 11) is 1.61. The number of rotatable bonds is 5. The van der Waals surface area contributed by atoms with Crippen LogP contribution >= 0.6 is 0 Å². The van der Waals surface area contributed by atoms with Crippen LogP contribution in [-0.4, -0.2) is 37.0 Å². The molecule has 2 heterocycles. The molecule has 5 heteroatoms. The molecule has 5 rings (SSSR count). The van der Waals surface area contributed by atoms with Crippen LogP contribution in [0.15, 0.2) is 77.2 Å². The highest BCUT2D eigenvalue weighted by atomic mass is 16.5. The number of benzene rings is 3. The fraction of sp³-hybridized carbons (Fsp3) is 0.222. The van der Waals surface area contributed by atoms with Crippen LogP contribution in [0.4, 0.5) is 5.69 Å². The van der Waals surface area contributed by atoms with Gasteiger partial charge in [-0.3, -0.25) is 9.69 Å². The first-order valence-corrected chi connectivity index (χ1v) is 10.9. The Bertz CT molecular complexity index is 1310. The zero-order valence-corrected chi connectivity index (χ0v) is 18.3. The number of carbonyl (C=O) groups is 1. The van der Waals surface area contributed by atoms with Gasteiger partial charge in [-0.25, -0.2) is 0 Å². The van der Waals surface area contributed by atoms with Crippen LogP contribution in [0.3, 0.4) is 0 Å². The van der Waals surface area contributed by atoms with Gasteiger partial charge in [0.1, 0.15) is 16.9 Å². The summed E-state index contributed by atoms with van der Waals surface area (Å²) in [6, 6.07) is 21.8. The summed E-state index contributed by atoms with van der Waals surface area (Å²) < 4.78 is 11.6. The van der Waals surface area contributed by atoms with Gasteiger partial charge in [0.25, 0.3) is 0 Å². The second-order valence-electron chi connectivity index (χ2n) is 8.15. The Morgan fingerprint density at radius 1 is 1.03 bits per heavy atom. The summed E-state index contributed by atoms with van der Waals surface area (Å²) in [4.78, 5) is 15.3. The fourth-order valence-corrected chi connectivity index (χ4v) is 4.37. The number of hydrogen-bond acceptors (Lipinski definition) is 4. The summed E-state index contributed by atoms with van der Waals surface area (Å²) in [6.45, 7) is 3.54. The maximum Gasteiger partial charge on any atom is 0.241 e. The predicted octanol–water partition coefficient (Wildman–Crippen LogP) is 5.71. The van der Waals surface area contributed by atoms with E-state index in [1.54, 1.807) is 7.11 Å². The van der Waals surface area contributed by atoms with Crippen molar-refractivity contribution in [2.45, 2.75) is 19.4 Å². The number of carbonyl (C=O) groups excluding carboxylic acids is 1. The molecule has 0 saturated carbocycles. The van der Waals surface area contributed by atoms with Crippen molar-refractivity contribution in [2.24, 2.45) is 0 Å². The number of anilines is 1. The number of furan rings is 1. The van der Waals surface area contributed by atoms with Crippen LogP contribution in [-0.2, 0) is 4.79 Å². The van der Waals surface area contributed by atoms with Crippen molar-refractivity contribution in [3.05, 3.63) is 78.4 Å². The van der Waals surface area contributed by atoms with Gasteiger partial charge in [0, 0.05) is 29.9 Å². The van der Waals surface area contributed by atoms with Gasteiger partial charge in [-0.05, 0) is 36.6 Å². The molecule has 4 aromatic rings. The molecule has 1 aliphatic heterocycles. The van der Waals surface area contributed by atoms with E-state index in [1.807, 2.05) is 49.4 Å². The Balaban J connectivity index is 1.34. The minimum Gasteiger partial charge on any atom is -0.495 e. The molecule has 0 fully saturated rings. The van der Waals surface area contributed by atoms with Gasteiger partial charge in [-0.2, -0.15) is 0 Å². The van der Waals surface area contributed by atoms with E-state index in [1.165, 1.54) is 11.1 Å². The molecule has 1 aliphatic rings. The van der Waals surface area contributed by atoms with E-state index in [0.717, 1.165) is 41.4 Å². The predicted molar refractivity (Wildman–Crippen MR) is 129 cm³/mol.